The molecule has 2 saturated carbocycles. The zero-order valence-corrected chi connectivity index (χ0v) is 29.0. The van der Waals surface area contributed by atoms with Gasteiger partial charge in [-0.05, 0) is 69.0 Å². The van der Waals surface area contributed by atoms with Crippen LogP contribution in [0.3, 0.4) is 0 Å². The van der Waals surface area contributed by atoms with Crippen LogP contribution in [-0.4, -0.2) is 82.0 Å². The Bertz CT molecular complexity index is 1790. The second-order valence-electron chi connectivity index (χ2n) is 13.9. The van der Waals surface area contributed by atoms with Crippen LogP contribution in [0.5, 0.6) is 0 Å². The number of esters is 5. The van der Waals surface area contributed by atoms with E-state index in [0.717, 1.165) is 0 Å². The van der Waals surface area contributed by atoms with Gasteiger partial charge in [0.25, 0.3) is 0 Å². The predicted octanol–water partition coefficient (Wildman–Crippen LogP) is 4.54. The van der Waals surface area contributed by atoms with Crippen LogP contribution >= 0.6 is 0 Å². The SMILES string of the molecule is CC(=O)O[C@H]1C[C@@H](C)[C@@]23C[C@@H]([C@@H](OC(=O)c4cccnc4)[C@H](OC(=O)c4ccccc4)[C@]2(COC(=O)c2cccnc2)[C@H]1OC(C)=O)C(C)(C)O3. The standard InChI is InChI=1S/C38H40N2O11/c1-22-17-29(47-23(2)41)31(48-24(3)42)37(21-46-33(43)26-13-9-15-39-19-26)32(50-34(44)25-11-7-6-8-12-25)30(28-18-38(22,37)51-36(28,4)5)49-35(45)27-14-10-16-40-20-27/h6-16,19-20,22,28-32H,17-18,21H2,1-5H3/t22-,28+,29+,30-,31+,32+,37+,38+/m1/s1. The maximum Gasteiger partial charge on any atom is 0.340 e. The van der Waals surface area contributed by atoms with Crippen LogP contribution in [0, 0.1) is 17.3 Å². The molecule has 0 N–H and O–H groups in total. The number of nitrogens with zero attached hydrogens (tertiary/aromatic N) is 2. The lowest BCUT2D eigenvalue weighted by atomic mass is 9.48. The number of hydrogen-bond donors (Lipinski definition) is 0. The molecule has 1 aromatic carbocycles. The largest absolute Gasteiger partial charge is 0.461 e. The highest BCUT2D eigenvalue weighted by Gasteiger charge is 2.81. The first kappa shape index (κ1) is 35.6. The van der Waals surface area contributed by atoms with E-state index in [4.69, 9.17) is 28.4 Å². The van der Waals surface area contributed by atoms with E-state index in [0.29, 0.717) is 0 Å². The van der Waals surface area contributed by atoms with Gasteiger partial charge in [-0.25, -0.2) is 14.4 Å². The van der Waals surface area contributed by atoms with Crippen LogP contribution in [0.2, 0.25) is 0 Å². The molecule has 13 nitrogen and oxygen atoms in total. The minimum atomic E-state index is -1.80. The van der Waals surface area contributed by atoms with Crippen molar-refractivity contribution in [2.24, 2.45) is 17.3 Å². The average molecular weight is 701 g/mol. The Kier molecular flexibility index (Phi) is 9.69. The number of carbonyl (C=O) groups excluding carboxylic acids is 5. The fourth-order valence-corrected chi connectivity index (χ4v) is 8.33. The third-order valence-electron chi connectivity index (χ3n) is 10.4. The molecule has 6 rings (SSSR count). The first-order chi connectivity index (χ1) is 24.3. The zero-order valence-electron chi connectivity index (χ0n) is 29.0. The van der Waals surface area contributed by atoms with Crippen molar-refractivity contribution < 1.29 is 52.4 Å². The summed E-state index contributed by atoms with van der Waals surface area (Å²) >= 11 is 0. The Morgan fingerprint density at radius 2 is 1.33 bits per heavy atom. The Morgan fingerprint density at radius 3 is 1.92 bits per heavy atom. The van der Waals surface area contributed by atoms with Gasteiger partial charge in [0.15, 0.2) is 12.2 Å². The molecule has 3 fully saturated rings. The average Bonchev–Trinajstić information content (AvgIpc) is 3.37. The zero-order chi connectivity index (χ0) is 36.6. The second-order valence-corrected chi connectivity index (χ2v) is 13.9. The van der Waals surface area contributed by atoms with Crippen molar-refractivity contribution in [2.75, 3.05) is 6.61 Å². The Hall–Kier alpha value is -5.17. The van der Waals surface area contributed by atoms with Crippen molar-refractivity contribution in [1.29, 1.82) is 0 Å². The van der Waals surface area contributed by atoms with Crippen molar-refractivity contribution in [3.63, 3.8) is 0 Å². The number of carbonyl (C=O) groups is 5. The first-order valence-electron chi connectivity index (χ1n) is 16.8. The molecule has 1 aliphatic heterocycles. The number of ether oxygens (including phenoxy) is 6. The molecule has 3 aliphatic rings. The van der Waals surface area contributed by atoms with E-state index < -0.39 is 89.3 Å². The van der Waals surface area contributed by atoms with Gasteiger partial charge in [-0.15, -0.1) is 0 Å². The van der Waals surface area contributed by atoms with Crippen LogP contribution in [-0.2, 0) is 38.0 Å². The fraction of sp³-hybridized carbons (Fsp3) is 0.447. The molecule has 2 aromatic heterocycles. The summed E-state index contributed by atoms with van der Waals surface area (Å²) in [4.78, 5) is 75.3. The minimum Gasteiger partial charge on any atom is -0.461 e. The summed E-state index contributed by atoms with van der Waals surface area (Å²) in [6, 6.07) is 14.4. The van der Waals surface area contributed by atoms with Gasteiger partial charge in [0.2, 0.25) is 0 Å². The van der Waals surface area contributed by atoms with Crippen LogP contribution in [0.4, 0.5) is 0 Å². The molecular weight excluding hydrogens is 660 g/mol. The maximum absolute atomic E-state index is 14.1. The normalized spacial score (nSPS) is 30.2. The van der Waals surface area contributed by atoms with Crippen molar-refractivity contribution >= 4 is 29.8 Å². The predicted molar refractivity (Wildman–Crippen MR) is 177 cm³/mol. The number of fused-ring (bicyclic) bond motifs is 1. The summed E-state index contributed by atoms with van der Waals surface area (Å²) in [6.07, 6.45) is 0.902. The molecule has 0 unspecified atom stereocenters. The number of aromatic nitrogens is 2. The minimum absolute atomic E-state index is 0.131. The van der Waals surface area contributed by atoms with E-state index in [-0.39, 0.29) is 29.5 Å². The second kappa shape index (κ2) is 13.9. The summed E-state index contributed by atoms with van der Waals surface area (Å²) in [6.45, 7) is 7.45. The molecular formula is C38H40N2O11. The number of pyridine rings is 2. The van der Waals surface area contributed by atoms with Gasteiger partial charge in [0.05, 0.1) is 27.9 Å². The molecule has 13 heteroatoms. The van der Waals surface area contributed by atoms with Crippen LogP contribution < -0.4 is 0 Å². The number of rotatable bonds is 9. The van der Waals surface area contributed by atoms with Gasteiger partial charge in [0.1, 0.15) is 24.2 Å². The summed E-state index contributed by atoms with van der Waals surface area (Å²) in [5.74, 6) is -4.72. The monoisotopic (exact) mass is 700 g/mol. The van der Waals surface area contributed by atoms with Gasteiger partial charge >= 0.3 is 29.8 Å². The highest BCUT2D eigenvalue weighted by atomic mass is 16.6. The number of benzene rings is 1. The molecule has 0 radical (unpaired) electrons. The van der Waals surface area contributed by atoms with Gasteiger partial charge in [-0.2, -0.15) is 0 Å². The molecule has 0 amide bonds. The highest BCUT2D eigenvalue weighted by Crippen LogP contribution is 2.68. The van der Waals surface area contributed by atoms with Crippen LogP contribution in [0.15, 0.2) is 79.4 Å². The third kappa shape index (κ3) is 6.46. The molecule has 3 heterocycles. The lowest BCUT2D eigenvalue weighted by molar-refractivity contribution is -0.305. The highest BCUT2D eigenvalue weighted by molar-refractivity contribution is 5.91. The maximum atomic E-state index is 14.1. The van der Waals surface area contributed by atoms with Crippen molar-refractivity contribution in [3.05, 3.63) is 96.1 Å². The van der Waals surface area contributed by atoms with E-state index in [1.807, 2.05) is 20.8 Å². The summed E-state index contributed by atoms with van der Waals surface area (Å²) < 4.78 is 37.9. The molecule has 8 atom stereocenters. The summed E-state index contributed by atoms with van der Waals surface area (Å²) in [5.41, 5.74) is -3.69. The first-order valence-corrected chi connectivity index (χ1v) is 16.8. The Morgan fingerprint density at radius 1 is 0.745 bits per heavy atom. The van der Waals surface area contributed by atoms with Gasteiger partial charge < -0.3 is 28.4 Å². The van der Waals surface area contributed by atoms with E-state index in [9.17, 15) is 24.0 Å². The quantitative estimate of drug-likeness (QED) is 0.226. The van der Waals surface area contributed by atoms with E-state index >= 15 is 0 Å². The topological polar surface area (TPSA) is 167 Å². The number of hydrogen-bond acceptors (Lipinski definition) is 13. The summed E-state index contributed by atoms with van der Waals surface area (Å²) in [7, 11) is 0. The van der Waals surface area contributed by atoms with Crippen molar-refractivity contribution in [1.82, 2.24) is 9.97 Å². The third-order valence-corrected chi connectivity index (χ3v) is 10.4. The van der Waals surface area contributed by atoms with Crippen LogP contribution in [0.25, 0.3) is 0 Å². The van der Waals surface area contributed by atoms with Gasteiger partial charge in [-0.3, -0.25) is 19.6 Å². The molecule has 51 heavy (non-hydrogen) atoms. The Balaban J connectivity index is 1.59. The summed E-state index contributed by atoms with van der Waals surface area (Å²) in [5, 5.41) is 0. The van der Waals surface area contributed by atoms with Crippen molar-refractivity contribution in [3.8, 4) is 0 Å². The Labute approximate surface area is 294 Å². The van der Waals surface area contributed by atoms with Gasteiger partial charge in [0, 0.05) is 44.6 Å². The van der Waals surface area contributed by atoms with E-state index in [1.165, 1.54) is 50.8 Å². The molecule has 3 aromatic rings. The molecule has 2 aliphatic carbocycles. The molecule has 1 saturated heterocycles. The van der Waals surface area contributed by atoms with Crippen LogP contribution in [0.1, 0.15) is 78.5 Å². The molecule has 2 bridgehead atoms. The fourth-order valence-electron chi connectivity index (χ4n) is 8.33. The van der Waals surface area contributed by atoms with Crippen molar-refractivity contribution in [2.45, 2.75) is 83.1 Å². The van der Waals surface area contributed by atoms with E-state index in [2.05, 4.69) is 9.97 Å². The van der Waals surface area contributed by atoms with E-state index in [1.54, 1.807) is 42.5 Å². The molecule has 268 valence electrons. The lowest BCUT2D eigenvalue weighted by Crippen LogP contribution is -2.77. The van der Waals surface area contributed by atoms with Gasteiger partial charge in [-0.1, -0.05) is 25.1 Å². The lowest BCUT2D eigenvalue weighted by Gasteiger charge is -2.62. The molecule has 1 spiro atoms. The smallest absolute Gasteiger partial charge is 0.340 e.